The molecule has 1 saturated heterocycles. The van der Waals surface area contributed by atoms with E-state index in [0.717, 1.165) is 5.56 Å². The topological polar surface area (TPSA) is 66.9 Å². The van der Waals surface area contributed by atoms with Crippen molar-refractivity contribution < 1.29 is 19.1 Å². The van der Waals surface area contributed by atoms with Crippen molar-refractivity contribution in [1.29, 1.82) is 0 Å². The highest BCUT2D eigenvalue weighted by atomic mass is 16.5. The average molecular weight is 406 g/mol. The number of rotatable bonds is 5. The number of benzene rings is 2. The minimum absolute atomic E-state index is 0.0186. The molecule has 0 saturated carbocycles. The molecule has 0 radical (unpaired) electrons. The van der Waals surface area contributed by atoms with E-state index in [1.807, 2.05) is 59.5 Å². The van der Waals surface area contributed by atoms with Gasteiger partial charge in [0.05, 0.1) is 5.69 Å². The summed E-state index contributed by atoms with van der Waals surface area (Å²) < 4.78 is 5.65. The lowest BCUT2D eigenvalue weighted by Crippen LogP contribution is -2.47. The quantitative estimate of drug-likeness (QED) is 0.715. The summed E-state index contributed by atoms with van der Waals surface area (Å²) >= 11 is 0. The van der Waals surface area contributed by atoms with E-state index in [0.29, 0.717) is 43.9 Å². The molecule has 0 aromatic heterocycles. The van der Waals surface area contributed by atoms with Crippen LogP contribution >= 0.6 is 0 Å². The smallest absolute Gasteiger partial charge is 0.267 e. The summed E-state index contributed by atoms with van der Waals surface area (Å²) in [4.78, 5) is 41.4. The van der Waals surface area contributed by atoms with Gasteiger partial charge in [-0.3, -0.25) is 14.4 Å². The van der Waals surface area contributed by atoms with Gasteiger partial charge in [0, 0.05) is 37.5 Å². The molecule has 156 valence electrons. The lowest BCUT2D eigenvalue weighted by Gasteiger charge is -2.34. The molecule has 0 aliphatic carbocycles. The fourth-order valence-corrected chi connectivity index (χ4v) is 4.18. The Bertz CT molecular complexity index is 935. The molecular formula is C24H26N2O4. The van der Waals surface area contributed by atoms with Crippen LogP contribution in [0.3, 0.4) is 0 Å². The Balaban J connectivity index is 1.32. The summed E-state index contributed by atoms with van der Waals surface area (Å²) in [6.07, 6.45) is 1.05. The second-order valence-corrected chi connectivity index (χ2v) is 7.85. The average Bonchev–Trinajstić information content (AvgIpc) is 2.79. The maximum Gasteiger partial charge on any atom is 0.267 e. The number of anilines is 1. The standard InChI is InChI=1S/C24H26N2O4/c1-17-24(29)26(20-9-5-6-10-21(20)30-17)16-13-22(27)25-14-11-19(12-15-25)23(28)18-7-3-2-4-8-18/h2-10,17,19H,11-16H2,1H3. The summed E-state index contributed by atoms with van der Waals surface area (Å²) in [6.45, 7) is 3.20. The lowest BCUT2D eigenvalue weighted by molar-refractivity contribution is -0.132. The molecule has 2 aliphatic heterocycles. The molecule has 6 heteroatoms. The van der Waals surface area contributed by atoms with E-state index in [2.05, 4.69) is 0 Å². The summed E-state index contributed by atoms with van der Waals surface area (Å²) in [5.74, 6) is 0.674. The number of Topliss-reactive ketones (excluding diaryl/α,β-unsaturated/α-hetero) is 1. The molecule has 0 spiro atoms. The van der Waals surface area contributed by atoms with Gasteiger partial charge in [0.15, 0.2) is 11.9 Å². The van der Waals surface area contributed by atoms with Crippen LogP contribution in [0.15, 0.2) is 54.6 Å². The lowest BCUT2D eigenvalue weighted by atomic mass is 9.89. The van der Waals surface area contributed by atoms with Gasteiger partial charge < -0.3 is 14.5 Å². The Hall–Kier alpha value is -3.15. The number of hydrogen-bond acceptors (Lipinski definition) is 4. The first-order valence-electron chi connectivity index (χ1n) is 10.5. The summed E-state index contributed by atoms with van der Waals surface area (Å²) in [5.41, 5.74) is 1.45. The van der Waals surface area contributed by atoms with Crippen LogP contribution in [0.1, 0.15) is 36.5 Å². The molecule has 6 nitrogen and oxygen atoms in total. The highest BCUT2D eigenvalue weighted by Crippen LogP contribution is 2.33. The number of carbonyl (C=O) groups is 3. The van der Waals surface area contributed by atoms with E-state index in [-0.39, 0.29) is 29.9 Å². The van der Waals surface area contributed by atoms with E-state index in [1.165, 1.54) is 0 Å². The van der Waals surface area contributed by atoms with Crippen molar-refractivity contribution >= 4 is 23.3 Å². The number of para-hydroxylation sites is 2. The SMILES string of the molecule is CC1Oc2ccccc2N(CCC(=O)N2CCC(C(=O)c3ccccc3)CC2)C1=O. The Morgan fingerprint density at radius 3 is 2.40 bits per heavy atom. The summed E-state index contributed by atoms with van der Waals surface area (Å²) in [7, 11) is 0. The number of amides is 2. The van der Waals surface area contributed by atoms with E-state index in [1.54, 1.807) is 11.8 Å². The minimum atomic E-state index is -0.560. The van der Waals surface area contributed by atoms with Crippen LogP contribution < -0.4 is 9.64 Å². The number of likely N-dealkylation sites (tertiary alicyclic amines) is 1. The highest BCUT2D eigenvalue weighted by Gasteiger charge is 2.32. The monoisotopic (exact) mass is 406 g/mol. The minimum Gasteiger partial charge on any atom is -0.479 e. The largest absolute Gasteiger partial charge is 0.479 e. The summed E-state index contributed by atoms with van der Waals surface area (Å²) in [5, 5.41) is 0. The first kappa shape index (κ1) is 20.1. The fourth-order valence-electron chi connectivity index (χ4n) is 4.18. The number of hydrogen-bond donors (Lipinski definition) is 0. The molecule has 0 bridgehead atoms. The maximum absolute atomic E-state index is 12.8. The van der Waals surface area contributed by atoms with Crippen molar-refractivity contribution in [2.24, 2.45) is 5.92 Å². The maximum atomic E-state index is 12.8. The van der Waals surface area contributed by atoms with Gasteiger partial charge in [0.2, 0.25) is 5.91 Å². The van der Waals surface area contributed by atoms with Gasteiger partial charge >= 0.3 is 0 Å². The molecule has 2 aromatic rings. The molecule has 2 heterocycles. The van der Waals surface area contributed by atoms with Crippen LogP contribution in [-0.2, 0) is 9.59 Å². The zero-order valence-electron chi connectivity index (χ0n) is 17.1. The molecule has 30 heavy (non-hydrogen) atoms. The zero-order valence-corrected chi connectivity index (χ0v) is 17.1. The van der Waals surface area contributed by atoms with Crippen molar-refractivity contribution in [2.75, 3.05) is 24.5 Å². The second kappa shape index (κ2) is 8.69. The Kier molecular flexibility index (Phi) is 5.84. The van der Waals surface area contributed by atoms with Crippen molar-refractivity contribution in [3.05, 3.63) is 60.2 Å². The van der Waals surface area contributed by atoms with Gasteiger partial charge in [-0.1, -0.05) is 42.5 Å². The van der Waals surface area contributed by atoms with Gasteiger partial charge in [-0.2, -0.15) is 0 Å². The van der Waals surface area contributed by atoms with Crippen LogP contribution in [0.5, 0.6) is 5.75 Å². The molecule has 1 unspecified atom stereocenters. The Morgan fingerprint density at radius 1 is 1.00 bits per heavy atom. The van der Waals surface area contributed by atoms with Gasteiger partial charge in [0.1, 0.15) is 5.75 Å². The summed E-state index contributed by atoms with van der Waals surface area (Å²) in [6, 6.07) is 16.7. The molecular weight excluding hydrogens is 380 g/mol. The first-order valence-corrected chi connectivity index (χ1v) is 10.5. The van der Waals surface area contributed by atoms with Gasteiger partial charge in [0.25, 0.3) is 5.91 Å². The number of ketones is 1. The molecule has 0 N–H and O–H groups in total. The Morgan fingerprint density at radius 2 is 1.67 bits per heavy atom. The van der Waals surface area contributed by atoms with E-state index >= 15 is 0 Å². The number of nitrogens with zero attached hydrogens (tertiary/aromatic N) is 2. The van der Waals surface area contributed by atoms with E-state index in [9.17, 15) is 14.4 Å². The molecule has 2 aliphatic rings. The van der Waals surface area contributed by atoms with Crippen LogP contribution in [0, 0.1) is 5.92 Å². The number of piperidine rings is 1. The van der Waals surface area contributed by atoms with E-state index < -0.39 is 6.10 Å². The predicted molar refractivity (Wildman–Crippen MR) is 114 cm³/mol. The van der Waals surface area contributed by atoms with Crippen molar-refractivity contribution in [3.63, 3.8) is 0 Å². The van der Waals surface area contributed by atoms with Gasteiger partial charge in [-0.05, 0) is 31.9 Å². The second-order valence-electron chi connectivity index (χ2n) is 7.85. The normalized spacial score (nSPS) is 19.2. The predicted octanol–water partition coefficient (Wildman–Crippen LogP) is 3.31. The van der Waals surface area contributed by atoms with Gasteiger partial charge in [-0.15, -0.1) is 0 Å². The first-order chi connectivity index (χ1) is 14.5. The van der Waals surface area contributed by atoms with E-state index in [4.69, 9.17) is 4.74 Å². The third-order valence-corrected chi connectivity index (χ3v) is 5.90. The van der Waals surface area contributed by atoms with Crippen molar-refractivity contribution in [1.82, 2.24) is 4.90 Å². The fraction of sp³-hybridized carbons (Fsp3) is 0.375. The number of fused-ring (bicyclic) bond motifs is 1. The molecule has 2 amide bonds. The highest BCUT2D eigenvalue weighted by molar-refractivity contribution is 6.00. The third kappa shape index (κ3) is 4.08. The number of carbonyl (C=O) groups excluding carboxylic acids is 3. The Labute approximate surface area is 176 Å². The molecule has 1 atom stereocenters. The van der Waals surface area contributed by atoms with Crippen LogP contribution in [0.25, 0.3) is 0 Å². The number of ether oxygens (including phenoxy) is 1. The van der Waals surface area contributed by atoms with Crippen LogP contribution in [-0.4, -0.2) is 48.2 Å². The molecule has 1 fully saturated rings. The molecule has 2 aromatic carbocycles. The molecule has 4 rings (SSSR count). The van der Waals surface area contributed by atoms with Gasteiger partial charge in [-0.25, -0.2) is 0 Å². The van der Waals surface area contributed by atoms with Crippen molar-refractivity contribution in [3.8, 4) is 5.75 Å². The van der Waals surface area contributed by atoms with Crippen LogP contribution in [0.4, 0.5) is 5.69 Å². The van der Waals surface area contributed by atoms with Crippen molar-refractivity contribution in [2.45, 2.75) is 32.3 Å². The van der Waals surface area contributed by atoms with Crippen LogP contribution in [0.2, 0.25) is 0 Å². The zero-order chi connectivity index (χ0) is 21.1. The third-order valence-electron chi connectivity index (χ3n) is 5.90.